The summed E-state index contributed by atoms with van der Waals surface area (Å²) in [7, 11) is 1.17. The molecule has 4 bridgehead atoms. The van der Waals surface area contributed by atoms with Crippen LogP contribution in [0.15, 0.2) is 368 Å². The summed E-state index contributed by atoms with van der Waals surface area (Å²) in [6.07, 6.45) is 7.13. The zero-order chi connectivity index (χ0) is 73.0. The fourth-order valence-electron chi connectivity index (χ4n) is 15.2. The van der Waals surface area contributed by atoms with Crippen molar-refractivity contribution in [2.45, 2.75) is 177 Å². The molecule has 4 fully saturated rings. The first kappa shape index (κ1) is 74.8. The van der Waals surface area contributed by atoms with Crippen molar-refractivity contribution in [1.82, 2.24) is 0 Å². The van der Waals surface area contributed by atoms with Crippen molar-refractivity contribution in [3.8, 4) is 17.2 Å². The number of phenolic OH excluding ortho intramolecular Hbond substituents is 1. The Morgan fingerprint density at radius 2 is 0.567 bits per heavy atom. The van der Waals surface area contributed by atoms with E-state index in [1.165, 1.54) is 89.1 Å². The van der Waals surface area contributed by atoms with Crippen molar-refractivity contribution in [3.05, 3.63) is 343 Å². The normalized spacial score (nSPS) is 16.5. The van der Waals surface area contributed by atoms with Gasteiger partial charge < -0.3 is 14.6 Å². The van der Waals surface area contributed by atoms with Crippen LogP contribution >= 0.6 is 0 Å². The van der Waals surface area contributed by atoms with Crippen LogP contribution in [0.2, 0.25) is 0 Å². The van der Waals surface area contributed by atoms with E-state index in [9.17, 15) is 9.90 Å². The average molecular weight is 1450 g/mol. The van der Waals surface area contributed by atoms with E-state index >= 15 is 0 Å². The number of ether oxygens (including phenoxy) is 2. The molecule has 0 spiro atoms. The van der Waals surface area contributed by atoms with Gasteiger partial charge in [-0.25, -0.2) is 0 Å². The van der Waals surface area contributed by atoms with Gasteiger partial charge in [0.2, 0.25) is 0 Å². The van der Waals surface area contributed by atoms with Crippen molar-refractivity contribution < 1.29 is 19.4 Å². The van der Waals surface area contributed by atoms with E-state index in [2.05, 4.69) is 341 Å². The summed E-state index contributed by atoms with van der Waals surface area (Å²) in [4.78, 5) is 29.4. The molecule has 4 aliphatic carbocycles. The Morgan fingerprint density at radius 3 is 0.817 bits per heavy atom. The Morgan fingerprint density at radius 1 is 0.337 bits per heavy atom. The molecule has 4 aliphatic rings. The summed E-state index contributed by atoms with van der Waals surface area (Å²) < 4.78 is 11.5. The van der Waals surface area contributed by atoms with E-state index in [0.717, 1.165) is 70.8 Å². The van der Waals surface area contributed by atoms with Gasteiger partial charge in [-0.2, -0.15) is 0 Å². The number of methoxy groups -OCH3 is 1. The van der Waals surface area contributed by atoms with Gasteiger partial charge in [-0.05, 0) is 262 Å². The van der Waals surface area contributed by atoms with Crippen LogP contribution in [0.4, 0.5) is 0 Å². The van der Waals surface area contributed by atoms with Crippen molar-refractivity contribution in [1.29, 1.82) is 0 Å². The molecule has 0 amide bonds. The van der Waals surface area contributed by atoms with Crippen molar-refractivity contribution in [2.24, 2.45) is 23.2 Å². The summed E-state index contributed by atoms with van der Waals surface area (Å²) in [5, 5.41) is 10.1. The van der Waals surface area contributed by atoms with Crippen LogP contribution in [0.5, 0.6) is 17.2 Å². The monoisotopic (exact) mass is 1440 g/mol. The summed E-state index contributed by atoms with van der Waals surface area (Å²) >= 11 is 0. The first-order chi connectivity index (χ1) is 50.2. The molecule has 4 saturated carbocycles. The van der Waals surface area contributed by atoms with Crippen molar-refractivity contribution in [3.63, 3.8) is 0 Å². The molecule has 8 heteroatoms. The number of rotatable bonds is 15. The second kappa shape index (κ2) is 33.9. The highest BCUT2D eigenvalue weighted by atomic mass is 32.2. The maximum absolute atomic E-state index is 13.6. The van der Waals surface area contributed by atoms with Crippen LogP contribution in [-0.4, -0.2) is 18.2 Å². The topological polar surface area (TPSA) is 55.8 Å². The van der Waals surface area contributed by atoms with E-state index in [1.54, 1.807) is 7.11 Å². The lowest BCUT2D eigenvalue weighted by Crippen LogP contribution is -2.51. The number of phenols is 1. The summed E-state index contributed by atoms with van der Waals surface area (Å²) in [6.45, 7) is 21.7. The Bertz CT molecular complexity index is 4460. The molecule has 0 aromatic heterocycles. The van der Waals surface area contributed by atoms with Gasteiger partial charge in [0.05, 0.1) is 56.1 Å². The SMILES string of the molecule is CC(C)(C)c1ccc([S+](c2ccccc2)c2ccc(C(C)(C)C)cc2)cc1.COc1ccc([S+](c2ccccc2)c2ccccc2)cc1.Cc1cc([S+](c2ccccc2)c2ccccc2)cc(C)c1O.Cc1cc([S+](c2ccccc2)c2ccccc2)cc(C)c1OC(=O)C12CC3CC(CC(C3)C1)C2. The van der Waals surface area contributed by atoms with Crippen LogP contribution < -0.4 is 9.47 Å². The van der Waals surface area contributed by atoms with Crippen molar-refractivity contribution >= 4 is 49.5 Å². The maximum Gasteiger partial charge on any atom is 0.317 e. The molecule has 0 atom stereocenters. The predicted octanol–water partition coefficient (Wildman–Crippen LogP) is 24.8. The fraction of sp³-hybridized carbons (Fsp3) is 0.240. The predicted molar refractivity (Wildman–Crippen MR) is 437 cm³/mol. The zero-order valence-corrected chi connectivity index (χ0v) is 65.5. The maximum atomic E-state index is 13.6. The lowest BCUT2D eigenvalue weighted by atomic mass is 9.49. The van der Waals surface area contributed by atoms with Crippen molar-refractivity contribution in [2.75, 3.05) is 7.11 Å². The van der Waals surface area contributed by atoms with Gasteiger partial charge in [-0.1, -0.05) is 193 Å². The van der Waals surface area contributed by atoms with Gasteiger partial charge in [0.25, 0.3) is 0 Å². The number of carbonyl (C=O) groups is 1. The molecular weight excluding hydrogens is 1350 g/mol. The molecule has 528 valence electrons. The standard InChI is InChI=1S/C31H33O2S.C26H31S.C20H18OS.C19H17OS/c1-21-13-28(34(26-9-5-3-6-10-26)27-11-7-4-8-12-27)14-22(2)29(21)33-30(32)31-18-23-15-24(19-31)17-25(16-23)20-31;1-25(2,3)20-12-16-23(17-13-20)27(22-10-8-7-9-11-22)24-18-14-21(15-19-24)26(4,5)6;1-15-13-19(14-16(2)20(15)21)22(17-9-5-3-6-10-17)18-11-7-4-8-12-18;1-20-16-12-14-19(15-13-16)21(17-8-4-2-5-9-17)18-10-6-3-7-11-18/h3-14,23-25H,15-20H2,1-2H3;7-19H,1-6H3;3-14H,1-2H3;2-15H,1H3/q2*+1;;+1/p+1. The van der Waals surface area contributed by atoms with E-state index < -0.39 is 0 Å². The molecule has 0 radical (unpaired) electrons. The average Bonchev–Trinajstić information content (AvgIpc) is 0.738. The highest BCUT2D eigenvalue weighted by Gasteiger charge is 2.56. The molecule has 1 N–H and O–H groups in total. The second-order valence-electron chi connectivity index (χ2n) is 30.0. The quantitative estimate of drug-likeness (QED) is 0.0631. The molecule has 16 rings (SSSR count). The lowest BCUT2D eigenvalue weighted by Gasteiger charge is -2.55. The molecule has 12 aromatic carbocycles. The first-order valence-electron chi connectivity index (χ1n) is 36.5. The Kier molecular flexibility index (Phi) is 24.4. The van der Waals surface area contributed by atoms with Crippen LogP contribution in [0.25, 0.3) is 0 Å². The molecule has 0 unspecified atom stereocenters. The molecule has 0 aliphatic heterocycles. The fourth-order valence-corrected chi connectivity index (χ4v) is 23.9. The number of hydrogen-bond donors (Lipinski definition) is 1. The van der Waals surface area contributed by atoms with E-state index in [0.29, 0.717) is 5.75 Å². The van der Waals surface area contributed by atoms with Gasteiger partial charge >= 0.3 is 5.97 Å². The minimum Gasteiger partial charge on any atom is -0.507 e. The van der Waals surface area contributed by atoms with E-state index in [4.69, 9.17) is 9.47 Å². The van der Waals surface area contributed by atoms with Crippen LogP contribution in [-0.2, 0) is 59.2 Å². The Hall–Kier alpha value is -8.89. The zero-order valence-electron chi connectivity index (χ0n) is 62.2. The van der Waals surface area contributed by atoms with Crippen LogP contribution in [0.1, 0.15) is 113 Å². The highest BCUT2D eigenvalue weighted by molar-refractivity contribution is 7.98. The van der Waals surface area contributed by atoms with Gasteiger partial charge in [-0.3, -0.25) is 4.79 Å². The smallest absolute Gasteiger partial charge is 0.317 e. The summed E-state index contributed by atoms with van der Waals surface area (Å²) in [5.41, 5.74) is 6.85. The van der Waals surface area contributed by atoms with E-state index in [-0.39, 0.29) is 65.8 Å². The first-order valence-corrected chi connectivity index (χ1v) is 41.4. The molecule has 12 aromatic rings. The van der Waals surface area contributed by atoms with Gasteiger partial charge in [0.15, 0.2) is 58.7 Å². The molecule has 4 nitrogen and oxygen atoms in total. The number of aromatic hydroxyl groups is 1. The third-order valence-corrected chi connectivity index (χ3v) is 28.9. The molecule has 0 heterocycles. The minimum atomic E-state index is -0.231. The van der Waals surface area contributed by atoms with Crippen LogP contribution in [0.3, 0.4) is 0 Å². The molecule has 104 heavy (non-hydrogen) atoms. The lowest BCUT2D eigenvalue weighted by molar-refractivity contribution is -0.161. The molecular formula is C96H100O4S4+4. The van der Waals surface area contributed by atoms with Crippen LogP contribution in [0, 0.1) is 50.9 Å². The second-order valence-corrected chi connectivity index (χ2v) is 38.1. The summed E-state index contributed by atoms with van der Waals surface area (Å²) in [5.74, 6) is 4.31. The molecule has 0 saturated heterocycles. The van der Waals surface area contributed by atoms with Gasteiger partial charge in [0, 0.05) is 24.3 Å². The van der Waals surface area contributed by atoms with E-state index in [1.807, 2.05) is 38.1 Å². The third kappa shape index (κ3) is 18.2. The number of aryl methyl sites for hydroxylation is 4. The third-order valence-electron chi connectivity index (χ3n) is 20.1. The number of carbonyl (C=O) groups excluding carboxylic acids is 1. The van der Waals surface area contributed by atoms with Gasteiger partial charge in [-0.15, -0.1) is 0 Å². The Labute approximate surface area is 631 Å². The number of hydrogen-bond acceptors (Lipinski definition) is 4. The highest BCUT2D eigenvalue weighted by Crippen LogP contribution is 2.60. The number of esters is 1. The number of benzene rings is 12. The largest absolute Gasteiger partial charge is 0.507 e. The Balaban J connectivity index is 0.000000133. The minimum absolute atomic E-state index is 0.0377. The van der Waals surface area contributed by atoms with Gasteiger partial charge in [0.1, 0.15) is 17.2 Å². The summed E-state index contributed by atoms with van der Waals surface area (Å²) in [6, 6.07) is 110.